The van der Waals surface area contributed by atoms with Crippen LogP contribution in [0, 0.1) is 17.5 Å². The fourth-order valence-electron chi connectivity index (χ4n) is 1.27. The number of hydrogen-bond acceptors (Lipinski definition) is 3. The van der Waals surface area contributed by atoms with E-state index in [0.29, 0.717) is 0 Å². The van der Waals surface area contributed by atoms with Crippen LogP contribution in [0.2, 0.25) is 5.28 Å². The van der Waals surface area contributed by atoms with Crippen LogP contribution in [0.25, 0.3) is 11.3 Å². The first-order chi connectivity index (χ1) is 7.99. The first-order valence-electron chi connectivity index (χ1n) is 4.42. The van der Waals surface area contributed by atoms with Gasteiger partial charge in [0, 0.05) is 5.56 Å². The number of nitrogen functional groups attached to an aromatic ring is 1. The molecule has 0 saturated carbocycles. The summed E-state index contributed by atoms with van der Waals surface area (Å²) in [6, 6.07) is 1.75. The number of anilines is 1. The van der Waals surface area contributed by atoms with Gasteiger partial charge in [-0.1, -0.05) is 0 Å². The molecule has 1 heterocycles. The molecule has 1 aromatic carbocycles. The number of benzene rings is 1. The average Bonchev–Trinajstić information content (AvgIpc) is 2.28. The molecule has 7 heteroatoms. The standard InChI is InChI=1S/C10H5ClF3N3/c11-10-16-3-7(14)9(17-10)4-1-5(12)8(15)6(13)2-4/h1-3H,15H2. The van der Waals surface area contributed by atoms with Crippen LogP contribution in [0.3, 0.4) is 0 Å². The van der Waals surface area contributed by atoms with Gasteiger partial charge < -0.3 is 5.73 Å². The fourth-order valence-corrected chi connectivity index (χ4v) is 1.40. The van der Waals surface area contributed by atoms with E-state index >= 15 is 0 Å². The summed E-state index contributed by atoms with van der Waals surface area (Å²) < 4.78 is 39.7. The highest BCUT2D eigenvalue weighted by atomic mass is 35.5. The monoisotopic (exact) mass is 259 g/mol. The van der Waals surface area contributed by atoms with Crippen molar-refractivity contribution in [3.8, 4) is 11.3 Å². The zero-order chi connectivity index (χ0) is 12.6. The molecule has 0 amide bonds. The zero-order valence-corrected chi connectivity index (χ0v) is 8.97. The van der Waals surface area contributed by atoms with Gasteiger partial charge in [0.25, 0.3) is 0 Å². The lowest BCUT2D eigenvalue weighted by Crippen LogP contribution is -1.98. The van der Waals surface area contributed by atoms with Gasteiger partial charge >= 0.3 is 0 Å². The third kappa shape index (κ3) is 2.16. The second-order valence-electron chi connectivity index (χ2n) is 3.19. The highest BCUT2D eigenvalue weighted by Gasteiger charge is 2.14. The third-order valence-electron chi connectivity index (χ3n) is 2.07. The van der Waals surface area contributed by atoms with Gasteiger partial charge in [0.05, 0.1) is 6.20 Å². The van der Waals surface area contributed by atoms with Crippen LogP contribution in [0.1, 0.15) is 0 Å². The molecule has 0 fully saturated rings. The normalized spacial score (nSPS) is 10.6. The Bertz CT molecular complexity index is 566. The van der Waals surface area contributed by atoms with Gasteiger partial charge in [-0.2, -0.15) is 0 Å². The first kappa shape index (κ1) is 11.7. The largest absolute Gasteiger partial charge is 0.394 e. The molecule has 2 aromatic rings. The second kappa shape index (κ2) is 4.21. The van der Waals surface area contributed by atoms with E-state index in [9.17, 15) is 13.2 Å². The van der Waals surface area contributed by atoms with Crippen molar-refractivity contribution in [2.45, 2.75) is 0 Å². The lowest BCUT2D eigenvalue weighted by molar-refractivity contribution is 0.590. The van der Waals surface area contributed by atoms with Crippen LogP contribution in [0.5, 0.6) is 0 Å². The average molecular weight is 260 g/mol. The maximum Gasteiger partial charge on any atom is 0.223 e. The molecule has 0 unspecified atom stereocenters. The number of rotatable bonds is 1. The summed E-state index contributed by atoms with van der Waals surface area (Å²) >= 11 is 5.48. The minimum absolute atomic E-state index is 0.101. The van der Waals surface area contributed by atoms with Crippen LogP contribution >= 0.6 is 11.6 Å². The Hall–Kier alpha value is -1.82. The maximum atomic E-state index is 13.4. The van der Waals surface area contributed by atoms with E-state index in [4.69, 9.17) is 17.3 Å². The third-order valence-corrected chi connectivity index (χ3v) is 2.25. The molecule has 1 aromatic heterocycles. The predicted molar refractivity (Wildman–Crippen MR) is 56.8 cm³/mol. The lowest BCUT2D eigenvalue weighted by Gasteiger charge is -2.05. The molecule has 0 aliphatic heterocycles. The van der Waals surface area contributed by atoms with E-state index in [1.807, 2.05) is 0 Å². The highest BCUT2D eigenvalue weighted by molar-refractivity contribution is 6.28. The summed E-state index contributed by atoms with van der Waals surface area (Å²) in [4.78, 5) is 6.95. The van der Waals surface area contributed by atoms with E-state index < -0.39 is 23.1 Å². The van der Waals surface area contributed by atoms with Crippen molar-refractivity contribution < 1.29 is 13.2 Å². The van der Waals surface area contributed by atoms with Gasteiger partial charge in [-0.3, -0.25) is 0 Å². The zero-order valence-electron chi connectivity index (χ0n) is 8.22. The van der Waals surface area contributed by atoms with Crippen molar-refractivity contribution in [3.05, 3.63) is 41.1 Å². The molecule has 0 spiro atoms. The smallest absolute Gasteiger partial charge is 0.223 e. The molecule has 0 aliphatic carbocycles. The predicted octanol–water partition coefficient (Wildman–Crippen LogP) is 2.80. The molecule has 88 valence electrons. The molecule has 0 radical (unpaired) electrons. The summed E-state index contributed by atoms with van der Waals surface area (Å²) in [5, 5.41) is -0.223. The molecule has 2 N–H and O–H groups in total. The summed E-state index contributed by atoms with van der Waals surface area (Å²) in [7, 11) is 0. The minimum atomic E-state index is -0.992. The molecule has 0 aliphatic rings. The molecule has 0 atom stereocenters. The van der Waals surface area contributed by atoms with E-state index in [1.165, 1.54) is 0 Å². The van der Waals surface area contributed by atoms with Gasteiger partial charge in [-0.25, -0.2) is 23.1 Å². The van der Waals surface area contributed by atoms with Crippen molar-refractivity contribution in [1.29, 1.82) is 0 Å². The van der Waals surface area contributed by atoms with Crippen LogP contribution < -0.4 is 5.73 Å². The molecule has 2 rings (SSSR count). The SMILES string of the molecule is Nc1c(F)cc(-c2nc(Cl)ncc2F)cc1F. The lowest BCUT2D eigenvalue weighted by atomic mass is 10.1. The van der Waals surface area contributed by atoms with Gasteiger partial charge in [0.1, 0.15) is 23.0 Å². The van der Waals surface area contributed by atoms with Crippen LogP contribution in [0.4, 0.5) is 18.9 Å². The second-order valence-corrected chi connectivity index (χ2v) is 3.53. The number of halogens is 4. The first-order valence-corrected chi connectivity index (χ1v) is 4.79. The van der Waals surface area contributed by atoms with E-state index in [0.717, 1.165) is 18.3 Å². The van der Waals surface area contributed by atoms with Gasteiger partial charge in [-0.15, -0.1) is 0 Å². The van der Waals surface area contributed by atoms with Crippen LogP contribution in [0.15, 0.2) is 18.3 Å². The van der Waals surface area contributed by atoms with Gasteiger partial charge in [0.15, 0.2) is 5.82 Å². The molecular weight excluding hydrogens is 255 g/mol. The minimum Gasteiger partial charge on any atom is -0.394 e. The Labute approximate surface area is 99.1 Å². The molecule has 0 saturated heterocycles. The Balaban J connectivity index is 2.64. The quantitative estimate of drug-likeness (QED) is 0.633. The Morgan fingerprint density at radius 1 is 1.06 bits per heavy atom. The van der Waals surface area contributed by atoms with Crippen molar-refractivity contribution in [1.82, 2.24) is 9.97 Å². The number of hydrogen-bond donors (Lipinski definition) is 1. The number of aromatic nitrogens is 2. The molecule has 17 heavy (non-hydrogen) atoms. The van der Waals surface area contributed by atoms with Crippen LogP contribution in [-0.2, 0) is 0 Å². The maximum absolute atomic E-state index is 13.4. The molecule has 3 nitrogen and oxygen atoms in total. The Morgan fingerprint density at radius 2 is 1.65 bits per heavy atom. The Kier molecular flexibility index (Phi) is 2.89. The topological polar surface area (TPSA) is 51.8 Å². The van der Waals surface area contributed by atoms with Crippen molar-refractivity contribution >= 4 is 17.3 Å². The van der Waals surface area contributed by atoms with Gasteiger partial charge in [0.2, 0.25) is 5.28 Å². The van der Waals surface area contributed by atoms with Gasteiger partial charge in [-0.05, 0) is 23.7 Å². The highest BCUT2D eigenvalue weighted by Crippen LogP contribution is 2.26. The van der Waals surface area contributed by atoms with Crippen molar-refractivity contribution in [2.24, 2.45) is 0 Å². The summed E-state index contributed by atoms with van der Waals surface area (Å²) in [6.07, 6.45) is 0.816. The fraction of sp³-hybridized carbons (Fsp3) is 0. The number of nitrogens with zero attached hydrogens (tertiary/aromatic N) is 2. The Morgan fingerprint density at radius 3 is 2.24 bits per heavy atom. The van der Waals surface area contributed by atoms with Crippen molar-refractivity contribution in [2.75, 3.05) is 5.73 Å². The molecular formula is C10H5ClF3N3. The van der Waals surface area contributed by atoms with E-state index in [2.05, 4.69) is 9.97 Å². The summed E-state index contributed by atoms with van der Waals surface area (Å²) in [5.74, 6) is -2.82. The van der Waals surface area contributed by atoms with Crippen molar-refractivity contribution in [3.63, 3.8) is 0 Å². The van der Waals surface area contributed by atoms with E-state index in [-0.39, 0.29) is 16.5 Å². The van der Waals surface area contributed by atoms with Crippen LogP contribution in [-0.4, -0.2) is 9.97 Å². The number of nitrogens with two attached hydrogens (primary N) is 1. The summed E-state index contributed by atoms with van der Waals surface area (Å²) in [6.45, 7) is 0. The summed E-state index contributed by atoms with van der Waals surface area (Å²) in [5.41, 5.74) is 4.07. The van der Waals surface area contributed by atoms with E-state index in [1.54, 1.807) is 0 Å². The molecule has 0 bridgehead atoms.